The van der Waals surface area contributed by atoms with E-state index in [4.69, 9.17) is 11.6 Å². The number of benzene rings is 2. The SMILES string of the molecule is CC(Sc1n[nH]c(-c2ccccc2Br)n1)C(=O)c1cccc(Cl)c1. The third-order valence-electron chi connectivity index (χ3n) is 3.35. The third-order valence-corrected chi connectivity index (χ3v) is 5.24. The van der Waals surface area contributed by atoms with Gasteiger partial charge in [0.1, 0.15) is 0 Å². The summed E-state index contributed by atoms with van der Waals surface area (Å²) < 4.78 is 0.931. The molecule has 0 saturated carbocycles. The van der Waals surface area contributed by atoms with Gasteiger partial charge in [0, 0.05) is 20.6 Å². The van der Waals surface area contributed by atoms with E-state index in [1.807, 2.05) is 31.2 Å². The van der Waals surface area contributed by atoms with Crippen molar-refractivity contribution in [3.63, 3.8) is 0 Å². The Morgan fingerprint density at radius 2 is 2.04 bits per heavy atom. The van der Waals surface area contributed by atoms with Gasteiger partial charge in [-0.25, -0.2) is 4.98 Å². The number of nitrogens with zero attached hydrogens (tertiary/aromatic N) is 2. The summed E-state index contributed by atoms with van der Waals surface area (Å²) in [7, 11) is 0. The molecule has 24 heavy (non-hydrogen) atoms. The zero-order chi connectivity index (χ0) is 17.1. The van der Waals surface area contributed by atoms with Crippen molar-refractivity contribution in [2.75, 3.05) is 0 Å². The van der Waals surface area contributed by atoms with Crippen LogP contribution in [0.5, 0.6) is 0 Å². The molecule has 0 amide bonds. The fourth-order valence-electron chi connectivity index (χ4n) is 2.16. The summed E-state index contributed by atoms with van der Waals surface area (Å²) in [5.74, 6) is 0.655. The van der Waals surface area contributed by atoms with Crippen LogP contribution in [-0.4, -0.2) is 26.2 Å². The van der Waals surface area contributed by atoms with Crippen molar-refractivity contribution in [1.29, 1.82) is 0 Å². The average molecular weight is 423 g/mol. The second-order valence-electron chi connectivity index (χ2n) is 5.08. The van der Waals surface area contributed by atoms with E-state index in [0.717, 1.165) is 10.0 Å². The molecule has 0 fully saturated rings. The molecular formula is C17H13BrClN3OS. The van der Waals surface area contributed by atoms with Gasteiger partial charge in [0.15, 0.2) is 11.6 Å². The molecule has 7 heteroatoms. The Bertz CT molecular complexity index is 884. The molecule has 122 valence electrons. The first kappa shape index (κ1) is 17.2. The van der Waals surface area contributed by atoms with Crippen LogP contribution >= 0.6 is 39.3 Å². The number of aromatic amines is 1. The summed E-state index contributed by atoms with van der Waals surface area (Å²) in [6.07, 6.45) is 0. The number of nitrogens with one attached hydrogen (secondary N) is 1. The van der Waals surface area contributed by atoms with E-state index in [-0.39, 0.29) is 11.0 Å². The molecule has 0 spiro atoms. The van der Waals surface area contributed by atoms with Crippen molar-refractivity contribution in [3.05, 3.63) is 63.6 Å². The van der Waals surface area contributed by atoms with Gasteiger partial charge in [-0.15, -0.1) is 5.10 Å². The lowest BCUT2D eigenvalue weighted by atomic mass is 10.1. The lowest BCUT2D eigenvalue weighted by Gasteiger charge is -2.07. The van der Waals surface area contributed by atoms with Gasteiger partial charge in [-0.05, 0) is 25.1 Å². The van der Waals surface area contributed by atoms with Crippen LogP contribution in [0.4, 0.5) is 0 Å². The van der Waals surface area contributed by atoms with Crippen molar-refractivity contribution in [1.82, 2.24) is 15.2 Å². The van der Waals surface area contributed by atoms with Gasteiger partial charge in [-0.1, -0.05) is 69.6 Å². The summed E-state index contributed by atoms with van der Waals surface area (Å²) >= 11 is 10.8. The highest BCUT2D eigenvalue weighted by molar-refractivity contribution is 9.10. The molecule has 4 nitrogen and oxygen atoms in total. The van der Waals surface area contributed by atoms with Crippen LogP contribution in [0, 0.1) is 0 Å². The van der Waals surface area contributed by atoms with Gasteiger partial charge in [0.05, 0.1) is 5.25 Å². The number of hydrogen-bond acceptors (Lipinski definition) is 4. The Hall–Kier alpha value is -1.63. The molecule has 2 aromatic carbocycles. The van der Waals surface area contributed by atoms with Gasteiger partial charge >= 0.3 is 0 Å². The molecule has 0 radical (unpaired) electrons. The number of aromatic nitrogens is 3. The van der Waals surface area contributed by atoms with Crippen LogP contribution in [0.15, 0.2) is 58.2 Å². The van der Waals surface area contributed by atoms with Crippen molar-refractivity contribution in [2.24, 2.45) is 0 Å². The highest BCUT2D eigenvalue weighted by Gasteiger charge is 2.19. The summed E-state index contributed by atoms with van der Waals surface area (Å²) in [5.41, 5.74) is 1.51. The minimum absolute atomic E-state index is 0.00487. The van der Waals surface area contributed by atoms with E-state index < -0.39 is 0 Å². The highest BCUT2D eigenvalue weighted by Crippen LogP contribution is 2.28. The molecule has 1 N–H and O–H groups in total. The quantitative estimate of drug-likeness (QED) is 0.450. The molecule has 0 saturated heterocycles. The average Bonchev–Trinajstić information content (AvgIpc) is 3.02. The van der Waals surface area contributed by atoms with Crippen molar-refractivity contribution < 1.29 is 4.79 Å². The van der Waals surface area contributed by atoms with Crippen molar-refractivity contribution in [2.45, 2.75) is 17.3 Å². The van der Waals surface area contributed by atoms with E-state index in [9.17, 15) is 4.79 Å². The second-order valence-corrected chi connectivity index (χ2v) is 7.68. The Labute approximate surface area is 157 Å². The summed E-state index contributed by atoms with van der Waals surface area (Å²) in [6, 6.07) is 14.7. The Morgan fingerprint density at radius 1 is 1.25 bits per heavy atom. The van der Waals surface area contributed by atoms with Crippen molar-refractivity contribution in [3.8, 4) is 11.4 Å². The number of carbonyl (C=O) groups is 1. The zero-order valence-electron chi connectivity index (χ0n) is 12.7. The fraction of sp³-hybridized carbons (Fsp3) is 0.118. The highest BCUT2D eigenvalue weighted by atomic mass is 79.9. The predicted octanol–water partition coefficient (Wildman–Crippen LogP) is 5.25. The number of ketones is 1. The standard InChI is InChI=1S/C17H13BrClN3OS/c1-10(15(23)11-5-4-6-12(19)9-11)24-17-20-16(21-22-17)13-7-2-3-8-14(13)18/h2-10H,1H3,(H,20,21,22). The zero-order valence-corrected chi connectivity index (χ0v) is 15.8. The van der Waals surface area contributed by atoms with E-state index in [2.05, 4.69) is 31.1 Å². The van der Waals surface area contributed by atoms with E-state index >= 15 is 0 Å². The van der Waals surface area contributed by atoms with E-state index in [1.54, 1.807) is 24.3 Å². The summed E-state index contributed by atoms with van der Waals surface area (Å²) in [5, 5.41) is 7.87. The van der Waals surface area contributed by atoms with Gasteiger partial charge in [-0.2, -0.15) is 0 Å². The number of rotatable bonds is 5. The number of hydrogen-bond donors (Lipinski definition) is 1. The Kier molecular flexibility index (Phi) is 5.38. The molecule has 1 aromatic heterocycles. The van der Waals surface area contributed by atoms with Crippen LogP contribution in [-0.2, 0) is 0 Å². The molecule has 0 aliphatic rings. The fourth-order valence-corrected chi connectivity index (χ4v) is 3.63. The topological polar surface area (TPSA) is 58.6 Å². The monoisotopic (exact) mass is 421 g/mol. The van der Waals surface area contributed by atoms with Gasteiger partial charge in [0.2, 0.25) is 5.16 Å². The maximum atomic E-state index is 12.5. The van der Waals surface area contributed by atoms with Crippen LogP contribution in [0.25, 0.3) is 11.4 Å². The van der Waals surface area contributed by atoms with Gasteiger partial charge in [-0.3, -0.25) is 9.89 Å². The van der Waals surface area contributed by atoms with Crippen molar-refractivity contribution >= 4 is 45.1 Å². The lowest BCUT2D eigenvalue weighted by molar-refractivity contribution is 0.0994. The molecule has 0 aliphatic heterocycles. The second kappa shape index (κ2) is 7.51. The van der Waals surface area contributed by atoms with E-state index in [1.165, 1.54) is 11.8 Å². The number of thioether (sulfide) groups is 1. The minimum atomic E-state index is -0.314. The maximum Gasteiger partial charge on any atom is 0.209 e. The Balaban J connectivity index is 1.75. The molecule has 0 aliphatic carbocycles. The Morgan fingerprint density at radius 3 is 2.79 bits per heavy atom. The molecule has 1 unspecified atom stereocenters. The molecule has 1 atom stereocenters. The molecular weight excluding hydrogens is 410 g/mol. The smallest absolute Gasteiger partial charge is 0.209 e. The molecule has 1 heterocycles. The van der Waals surface area contributed by atoms with Crippen LogP contribution in [0.1, 0.15) is 17.3 Å². The van der Waals surface area contributed by atoms with Crippen LogP contribution in [0.2, 0.25) is 5.02 Å². The number of H-pyrrole nitrogens is 1. The normalized spacial score (nSPS) is 12.1. The van der Waals surface area contributed by atoms with Crippen LogP contribution < -0.4 is 0 Å². The largest absolute Gasteiger partial charge is 0.293 e. The molecule has 3 aromatic rings. The lowest BCUT2D eigenvalue weighted by Crippen LogP contribution is -2.13. The first-order chi connectivity index (χ1) is 11.5. The summed E-state index contributed by atoms with van der Waals surface area (Å²) in [6.45, 7) is 1.84. The maximum absolute atomic E-state index is 12.5. The van der Waals surface area contributed by atoms with Gasteiger partial charge in [0.25, 0.3) is 0 Å². The number of Topliss-reactive ketones (excluding diaryl/α,β-unsaturated/α-hetero) is 1. The number of halogens is 2. The minimum Gasteiger partial charge on any atom is -0.293 e. The predicted molar refractivity (Wildman–Crippen MR) is 101 cm³/mol. The summed E-state index contributed by atoms with van der Waals surface area (Å²) in [4.78, 5) is 16.9. The number of carbonyl (C=O) groups excluding carboxylic acids is 1. The first-order valence-corrected chi connectivity index (χ1v) is 9.23. The van der Waals surface area contributed by atoms with E-state index in [0.29, 0.717) is 21.6 Å². The molecule has 0 bridgehead atoms. The van der Waals surface area contributed by atoms with Gasteiger partial charge < -0.3 is 0 Å². The van der Waals surface area contributed by atoms with Crippen LogP contribution in [0.3, 0.4) is 0 Å². The first-order valence-electron chi connectivity index (χ1n) is 7.18. The third kappa shape index (κ3) is 3.88. The molecule has 3 rings (SSSR count).